The van der Waals surface area contributed by atoms with Crippen molar-refractivity contribution in [2.75, 3.05) is 16.6 Å². The van der Waals surface area contributed by atoms with Crippen molar-refractivity contribution < 1.29 is 8.42 Å². The molecule has 0 atom stereocenters. The van der Waals surface area contributed by atoms with Gasteiger partial charge in [-0.1, -0.05) is 30.3 Å². The summed E-state index contributed by atoms with van der Waals surface area (Å²) in [6.07, 6.45) is 0. The van der Waals surface area contributed by atoms with E-state index < -0.39 is 10.0 Å². The molecule has 0 heterocycles. The maximum Gasteiger partial charge on any atom is 0.264 e. The minimum absolute atomic E-state index is 0.264. The van der Waals surface area contributed by atoms with E-state index in [0.29, 0.717) is 17.9 Å². The molecule has 0 bridgehead atoms. The first kappa shape index (κ1) is 13.4. The van der Waals surface area contributed by atoms with Gasteiger partial charge in [0.1, 0.15) is 0 Å². The van der Waals surface area contributed by atoms with Crippen molar-refractivity contribution in [2.45, 2.75) is 11.8 Å². The SMILES string of the molecule is CCN(c1ccccc1N)S(=O)(=O)c1ccccc1. The van der Waals surface area contributed by atoms with Gasteiger partial charge in [0.05, 0.1) is 16.3 Å². The average molecular weight is 276 g/mol. The third-order valence-electron chi connectivity index (χ3n) is 2.82. The predicted molar refractivity (Wildman–Crippen MR) is 77.5 cm³/mol. The maximum absolute atomic E-state index is 12.6. The molecule has 2 N–H and O–H groups in total. The Kier molecular flexibility index (Phi) is 3.76. The van der Waals surface area contributed by atoms with E-state index in [-0.39, 0.29) is 4.90 Å². The monoisotopic (exact) mass is 276 g/mol. The second-order valence-electron chi connectivity index (χ2n) is 4.04. The standard InChI is InChI=1S/C14H16N2O2S/c1-2-16(14-11-7-6-10-13(14)15)19(17,18)12-8-4-3-5-9-12/h3-11H,2,15H2,1H3. The van der Waals surface area contributed by atoms with Crippen LogP contribution in [0.1, 0.15) is 6.92 Å². The predicted octanol–water partition coefficient (Wildman–Crippen LogP) is 2.48. The van der Waals surface area contributed by atoms with Gasteiger partial charge in [-0.2, -0.15) is 0 Å². The Balaban J connectivity index is 2.52. The summed E-state index contributed by atoms with van der Waals surface area (Å²) in [6.45, 7) is 2.11. The zero-order valence-corrected chi connectivity index (χ0v) is 11.5. The molecule has 0 saturated carbocycles. The van der Waals surface area contributed by atoms with E-state index in [1.165, 1.54) is 4.31 Å². The summed E-state index contributed by atoms with van der Waals surface area (Å²) in [5.41, 5.74) is 6.82. The Morgan fingerprint density at radius 2 is 1.58 bits per heavy atom. The van der Waals surface area contributed by atoms with Gasteiger partial charge in [-0.25, -0.2) is 8.42 Å². The van der Waals surface area contributed by atoms with Crippen molar-refractivity contribution in [3.63, 3.8) is 0 Å². The Labute approximate surface area is 113 Å². The quantitative estimate of drug-likeness (QED) is 0.873. The van der Waals surface area contributed by atoms with Crippen molar-refractivity contribution >= 4 is 21.4 Å². The number of rotatable bonds is 4. The number of anilines is 2. The van der Waals surface area contributed by atoms with Gasteiger partial charge >= 0.3 is 0 Å². The number of benzene rings is 2. The molecular weight excluding hydrogens is 260 g/mol. The number of nitrogen functional groups attached to an aromatic ring is 1. The zero-order chi connectivity index (χ0) is 13.9. The smallest absolute Gasteiger partial charge is 0.264 e. The number of nitrogens with two attached hydrogens (primary N) is 1. The highest BCUT2D eigenvalue weighted by molar-refractivity contribution is 7.92. The maximum atomic E-state index is 12.6. The van der Waals surface area contributed by atoms with E-state index in [0.717, 1.165) is 0 Å². The second-order valence-corrected chi connectivity index (χ2v) is 5.90. The van der Waals surface area contributed by atoms with Crippen LogP contribution in [0.3, 0.4) is 0 Å². The fraction of sp³-hybridized carbons (Fsp3) is 0.143. The lowest BCUT2D eigenvalue weighted by molar-refractivity contribution is 0.592. The normalized spacial score (nSPS) is 11.2. The molecule has 19 heavy (non-hydrogen) atoms. The van der Waals surface area contributed by atoms with Crippen molar-refractivity contribution in [1.82, 2.24) is 0 Å². The molecule has 0 aliphatic carbocycles. The molecule has 0 amide bonds. The summed E-state index contributed by atoms with van der Waals surface area (Å²) >= 11 is 0. The first-order valence-corrected chi connectivity index (χ1v) is 7.43. The van der Waals surface area contributed by atoms with Gasteiger partial charge in [-0.15, -0.1) is 0 Å². The van der Waals surface area contributed by atoms with Crippen LogP contribution in [0.15, 0.2) is 59.5 Å². The van der Waals surface area contributed by atoms with Crippen LogP contribution in [-0.2, 0) is 10.0 Å². The van der Waals surface area contributed by atoms with E-state index in [2.05, 4.69) is 0 Å². The van der Waals surface area contributed by atoms with Crippen LogP contribution in [0.25, 0.3) is 0 Å². The molecule has 2 aromatic rings. The molecule has 4 nitrogen and oxygen atoms in total. The molecule has 0 aliphatic heterocycles. The summed E-state index contributed by atoms with van der Waals surface area (Å²) in [5.74, 6) is 0. The van der Waals surface area contributed by atoms with Crippen LogP contribution < -0.4 is 10.0 Å². The van der Waals surface area contributed by atoms with E-state index in [4.69, 9.17) is 5.73 Å². The Hall–Kier alpha value is -2.01. The topological polar surface area (TPSA) is 63.4 Å². The summed E-state index contributed by atoms with van der Waals surface area (Å²) in [6, 6.07) is 15.3. The average Bonchev–Trinajstić information content (AvgIpc) is 2.42. The summed E-state index contributed by atoms with van der Waals surface area (Å²) < 4.78 is 26.5. The summed E-state index contributed by atoms with van der Waals surface area (Å²) in [4.78, 5) is 0.264. The van der Waals surface area contributed by atoms with Gasteiger partial charge in [0.2, 0.25) is 0 Å². The van der Waals surface area contributed by atoms with E-state index in [1.807, 2.05) is 0 Å². The molecule has 0 radical (unpaired) electrons. The lowest BCUT2D eigenvalue weighted by Gasteiger charge is -2.24. The molecule has 0 unspecified atom stereocenters. The molecule has 100 valence electrons. The lowest BCUT2D eigenvalue weighted by Crippen LogP contribution is -2.31. The first-order chi connectivity index (χ1) is 9.07. The highest BCUT2D eigenvalue weighted by atomic mass is 32.2. The number of sulfonamides is 1. The largest absolute Gasteiger partial charge is 0.397 e. The number of hydrogen-bond donors (Lipinski definition) is 1. The Bertz CT molecular complexity index is 654. The minimum atomic E-state index is -3.57. The summed E-state index contributed by atoms with van der Waals surface area (Å²) in [7, 11) is -3.57. The third kappa shape index (κ3) is 2.56. The van der Waals surface area contributed by atoms with Gasteiger partial charge in [-0.3, -0.25) is 4.31 Å². The van der Waals surface area contributed by atoms with Gasteiger partial charge in [-0.05, 0) is 31.2 Å². The van der Waals surface area contributed by atoms with E-state index in [1.54, 1.807) is 61.5 Å². The van der Waals surface area contributed by atoms with Crippen molar-refractivity contribution in [1.29, 1.82) is 0 Å². The van der Waals surface area contributed by atoms with Crippen LogP contribution in [0, 0.1) is 0 Å². The van der Waals surface area contributed by atoms with Crippen LogP contribution in [-0.4, -0.2) is 15.0 Å². The van der Waals surface area contributed by atoms with Gasteiger partial charge < -0.3 is 5.73 Å². The molecule has 0 fully saturated rings. The fourth-order valence-corrected chi connectivity index (χ4v) is 3.42. The molecule has 0 saturated heterocycles. The van der Waals surface area contributed by atoms with Gasteiger partial charge in [0, 0.05) is 6.54 Å². The number of para-hydroxylation sites is 2. The van der Waals surface area contributed by atoms with Crippen LogP contribution >= 0.6 is 0 Å². The number of nitrogens with zero attached hydrogens (tertiary/aromatic N) is 1. The molecule has 2 rings (SSSR count). The minimum Gasteiger partial charge on any atom is -0.397 e. The Morgan fingerprint density at radius 1 is 1.00 bits per heavy atom. The highest BCUT2D eigenvalue weighted by Crippen LogP contribution is 2.28. The molecule has 0 aliphatic rings. The van der Waals surface area contributed by atoms with Crippen LogP contribution in [0.4, 0.5) is 11.4 Å². The molecule has 5 heteroatoms. The molecule has 2 aromatic carbocycles. The zero-order valence-electron chi connectivity index (χ0n) is 10.7. The number of hydrogen-bond acceptors (Lipinski definition) is 3. The van der Waals surface area contributed by atoms with Crippen LogP contribution in [0.2, 0.25) is 0 Å². The summed E-state index contributed by atoms with van der Waals surface area (Å²) in [5, 5.41) is 0. The van der Waals surface area contributed by atoms with Crippen molar-refractivity contribution in [3.05, 3.63) is 54.6 Å². The highest BCUT2D eigenvalue weighted by Gasteiger charge is 2.24. The second kappa shape index (κ2) is 5.32. The van der Waals surface area contributed by atoms with Crippen molar-refractivity contribution in [3.8, 4) is 0 Å². The molecule has 0 spiro atoms. The third-order valence-corrected chi connectivity index (χ3v) is 4.73. The lowest BCUT2D eigenvalue weighted by atomic mass is 10.3. The van der Waals surface area contributed by atoms with Crippen LogP contribution in [0.5, 0.6) is 0 Å². The molecular formula is C14H16N2O2S. The van der Waals surface area contributed by atoms with Gasteiger partial charge in [0.25, 0.3) is 10.0 Å². The van der Waals surface area contributed by atoms with Gasteiger partial charge in [0.15, 0.2) is 0 Å². The molecule has 0 aromatic heterocycles. The van der Waals surface area contributed by atoms with Crippen molar-refractivity contribution in [2.24, 2.45) is 0 Å². The first-order valence-electron chi connectivity index (χ1n) is 5.99. The van der Waals surface area contributed by atoms with E-state index in [9.17, 15) is 8.42 Å². The van der Waals surface area contributed by atoms with E-state index >= 15 is 0 Å². The Morgan fingerprint density at radius 3 is 2.16 bits per heavy atom. The fourth-order valence-electron chi connectivity index (χ4n) is 1.90.